The van der Waals surface area contributed by atoms with Crippen LogP contribution >= 0.6 is 15.6 Å². The number of hydrogen-bond donors (Lipinski definition) is 7. The van der Waals surface area contributed by atoms with Crippen molar-refractivity contribution in [1.82, 2.24) is 0 Å². The first-order chi connectivity index (χ1) is 28.1. The van der Waals surface area contributed by atoms with Crippen LogP contribution in [0.5, 0.6) is 0 Å². The number of rotatable bonds is 38. The Morgan fingerprint density at radius 1 is 0.475 bits per heavy atom. The molecular weight excluding hydrogens is 810 g/mol. The van der Waals surface area contributed by atoms with Crippen molar-refractivity contribution in [2.45, 2.75) is 236 Å². The highest BCUT2D eigenvalue weighted by molar-refractivity contribution is 7.47. The molecule has 350 valence electrons. The van der Waals surface area contributed by atoms with Gasteiger partial charge in [-0.15, -0.1) is 0 Å². The van der Waals surface area contributed by atoms with Crippen molar-refractivity contribution in [3.05, 3.63) is 0 Å². The minimum absolute atomic E-state index is 0.0517. The lowest BCUT2D eigenvalue weighted by atomic mass is 9.85. The van der Waals surface area contributed by atoms with Crippen LogP contribution in [0.4, 0.5) is 0 Å². The molecule has 0 heterocycles. The molecule has 0 aromatic heterocycles. The number of carbonyl (C=O) groups is 2. The molecule has 1 fully saturated rings. The predicted molar refractivity (Wildman–Crippen MR) is 223 cm³/mol. The van der Waals surface area contributed by atoms with E-state index in [9.17, 15) is 44.0 Å². The van der Waals surface area contributed by atoms with Crippen LogP contribution in [0.15, 0.2) is 0 Å². The van der Waals surface area contributed by atoms with Crippen molar-refractivity contribution < 1.29 is 76.9 Å². The first kappa shape index (κ1) is 56.0. The zero-order valence-corrected chi connectivity index (χ0v) is 37.7. The van der Waals surface area contributed by atoms with E-state index in [0.29, 0.717) is 12.8 Å². The van der Waals surface area contributed by atoms with Gasteiger partial charge in [-0.2, -0.15) is 0 Å². The van der Waals surface area contributed by atoms with E-state index >= 15 is 0 Å². The van der Waals surface area contributed by atoms with Crippen LogP contribution in [0.25, 0.3) is 0 Å². The van der Waals surface area contributed by atoms with Crippen LogP contribution < -0.4 is 0 Å². The van der Waals surface area contributed by atoms with E-state index in [1.807, 2.05) is 0 Å². The van der Waals surface area contributed by atoms with E-state index in [4.69, 9.17) is 28.3 Å². The summed E-state index contributed by atoms with van der Waals surface area (Å²) in [6.45, 7) is 3.11. The molecule has 3 unspecified atom stereocenters. The van der Waals surface area contributed by atoms with E-state index in [0.717, 1.165) is 51.4 Å². The summed E-state index contributed by atoms with van der Waals surface area (Å²) in [4.78, 5) is 54.1. The monoisotopic (exact) mass is 890 g/mol. The van der Waals surface area contributed by atoms with Crippen LogP contribution in [-0.2, 0) is 41.8 Å². The van der Waals surface area contributed by atoms with Crippen LogP contribution in [0.1, 0.15) is 194 Å². The summed E-state index contributed by atoms with van der Waals surface area (Å²) < 4.78 is 49.3. The zero-order valence-electron chi connectivity index (χ0n) is 36.0. The van der Waals surface area contributed by atoms with E-state index in [2.05, 4.69) is 18.4 Å². The maximum Gasteiger partial charge on any atom is 0.472 e. The number of carbonyl (C=O) groups excluding carboxylic acids is 2. The lowest BCUT2D eigenvalue weighted by Gasteiger charge is -2.43. The second-order valence-electron chi connectivity index (χ2n) is 16.1. The fourth-order valence-electron chi connectivity index (χ4n) is 7.14. The third kappa shape index (κ3) is 28.3. The molecule has 0 bridgehead atoms. The molecule has 18 heteroatoms. The number of hydrogen-bond acceptors (Lipinski definition) is 13. The largest absolute Gasteiger partial charge is 0.472 e. The van der Waals surface area contributed by atoms with E-state index in [1.165, 1.54) is 103 Å². The molecule has 7 N–H and O–H groups in total. The van der Waals surface area contributed by atoms with Crippen LogP contribution in [0.3, 0.4) is 0 Å². The minimum atomic E-state index is -5.35. The van der Waals surface area contributed by atoms with Crippen molar-refractivity contribution in [3.8, 4) is 0 Å². The van der Waals surface area contributed by atoms with Gasteiger partial charge in [-0.1, -0.05) is 168 Å². The molecule has 0 aromatic rings. The lowest BCUT2D eigenvalue weighted by Crippen LogP contribution is -2.64. The Balaban J connectivity index is 2.61. The van der Waals surface area contributed by atoms with Crippen molar-refractivity contribution in [1.29, 1.82) is 0 Å². The molecule has 1 aliphatic rings. The summed E-state index contributed by atoms with van der Waals surface area (Å²) in [7, 11) is -10.6. The first-order valence-corrected chi connectivity index (χ1v) is 25.6. The third-order valence-corrected chi connectivity index (χ3v) is 12.2. The van der Waals surface area contributed by atoms with Crippen LogP contribution in [0.2, 0.25) is 0 Å². The third-order valence-electron chi connectivity index (χ3n) is 10.7. The molecule has 8 atom stereocenters. The maximum atomic E-state index is 12.9. The molecule has 59 heavy (non-hydrogen) atoms. The van der Waals surface area contributed by atoms with E-state index < -0.39 is 83.5 Å². The van der Waals surface area contributed by atoms with E-state index in [1.54, 1.807) is 0 Å². The number of phosphoric acid groups is 2. The molecule has 0 radical (unpaired) electrons. The number of aliphatic hydroxyl groups is 4. The Kier molecular flexibility index (Phi) is 31.8. The summed E-state index contributed by atoms with van der Waals surface area (Å²) in [5, 5.41) is 41.1. The molecule has 0 aliphatic heterocycles. The topological polar surface area (TPSA) is 256 Å². The van der Waals surface area contributed by atoms with Gasteiger partial charge < -0.3 is 44.6 Å². The molecule has 0 aromatic carbocycles. The zero-order chi connectivity index (χ0) is 43.9. The van der Waals surface area contributed by atoms with Gasteiger partial charge in [0.05, 0.1) is 6.61 Å². The number of esters is 2. The summed E-state index contributed by atoms with van der Waals surface area (Å²) in [5.41, 5.74) is 0. The Morgan fingerprint density at radius 2 is 0.831 bits per heavy atom. The number of unbranched alkanes of at least 4 members (excludes halogenated alkanes) is 24. The predicted octanol–water partition coefficient (Wildman–Crippen LogP) is 7.84. The quantitative estimate of drug-likeness (QED) is 0.0177. The molecule has 0 saturated heterocycles. The van der Waals surface area contributed by atoms with Crippen molar-refractivity contribution in [3.63, 3.8) is 0 Å². The van der Waals surface area contributed by atoms with E-state index in [-0.39, 0.29) is 12.8 Å². The van der Waals surface area contributed by atoms with Gasteiger partial charge in [0.15, 0.2) is 6.10 Å². The Hall–Kier alpha value is -1.00. The molecule has 0 spiro atoms. The minimum Gasteiger partial charge on any atom is -0.462 e. The van der Waals surface area contributed by atoms with Crippen molar-refractivity contribution >= 4 is 27.6 Å². The van der Waals surface area contributed by atoms with Gasteiger partial charge in [0.2, 0.25) is 0 Å². The Morgan fingerprint density at radius 3 is 1.22 bits per heavy atom. The normalized spacial score (nSPS) is 22.5. The lowest BCUT2D eigenvalue weighted by molar-refractivity contribution is -0.216. The molecule has 1 aliphatic carbocycles. The molecule has 16 nitrogen and oxygen atoms in total. The van der Waals surface area contributed by atoms with Crippen molar-refractivity contribution in [2.24, 2.45) is 0 Å². The van der Waals surface area contributed by atoms with Gasteiger partial charge >= 0.3 is 27.6 Å². The highest BCUT2D eigenvalue weighted by Crippen LogP contribution is 2.49. The SMILES string of the molecule is CCCCCCCCCCCCCCCC(=O)OC[C@H](COP(=O)(O)O[C@H]1C(O)[C@@H](OP(=O)(O)O)[C@H](O)C(O)[C@H]1O)OC(=O)CCCCCCCCCCCCCCC. The Labute approximate surface area is 353 Å². The second-order valence-corrected chi connectivity index (χ2v) is 18.7. The standard InChI is InChI=1S/C41H80O16P2/c1-3-5-7-9-11-13-15-17-19-21-23-25-27-29-34(42)53-31-33(55-35(43)30-28-26-24-22-20-18-16-14-12-10-8-6-4-2)32-54-59(51,52)57-41-38(46)36(44)37(45)40(39(41)47)56-58(48,49)50/h33,36-41,44-47H,3-32H2,1-2H3,(H,51,52)(H2,48,49,50)/t33-,36?,37-,38-,39?,40+,41-/m1/s1. The van der Waals surface area contributed by atoms with Gasteiger partial charge in [0.25, 0.3) is 0 Å². The number of phosphoric ester groups is 2. The average molecular weight is 891 g/mol. The van der Waals surface area contributed by atoms with Gasteiger partial charge in [-0.3, -0.25) is 23.2 Å². The number of aliphatic hydroxyl groups excluding tert-OH is 4. The summed E-state index contributed by atoms with van der Waals surface area (Å²) in [6, 6.07) is 0. The highest BCUT2D eigenvalue weighted by Gasteiger charge is 2.54. The summed E-state index contributed by atoms with van der Waals surface area (Å²) in [5.74, 6) is -1.19. The van der Waals surface area contributed by atoms with Gasteiger partial charge in [-0.25, -0.2) is 9.13 Å². The molecular formula is C41H80O16P2. The fourth-order valence-corrected chi connectivity index (χ4v) is 8.68. The first-order valence-electron chi connectivity index (χ1n) is 22.6. The smallest absolute Gasteiger partial charge is 0.462 e. The van der Waals surface area contributed by atoms with Crippen LogP contribution in [-0.4, -0.2) is 103 Å². The fraction of sp³-hybridized carbons (Fsp3) is 0.951. The van der Waals surface area contributed by atoms with Crippen LogP contribution in [0, 0.1) is 0 Å². The molecule has 0 amide bonds. The van der Waals surface area contributed by atoms with Gasteiger partial charge in [0, 0.05) is 12.8 Å². The maximum absolute atomic E-state index is 12.9. The summed E-state index contributed by atoms with van der Waals surface area (Å²) >= 11 is 0. The second kappa shape index (κ2) is 33.5. The average Bonchev–Trinajstić information content (AvgIpc) is 3.18. The van der Waals surface area contributed by atoms with Crippen molar-refractivity contribution in [2.75, 3.05) is 13.2 Å². The highest BCUT2D eigenvalue weighted by atomic mass is 31.2. The molecule has 1 rings (SSSR count). The number of ether oxygens (including phenoxy) is 2. The Bertz CT molecular complexity index is 1170. The van der Waals surface area contributed by atoms with Gasteiger partial charge in [-0.05, 0) is 12.8 Å². The summed E-state index contributed by atoms with van der Waals surface area (Å²) in [6.07, 6.45) is 15.0. The van der Waals surface area contributed by atoms with Gasteiger partial charge in [0.1, 0.15) is 43.2 Å². The molecule has 1 saturated carbocycles.